The van der Waals surface area contributed by atoms with E-state index in [1.165, 1.54) is 25.4 Å². The van der Waals surface area contributed by atoms with E-state index in [1.54, 1.807) is 22.7 Å². The molecule has 0 atom stereocenters. The van der Waals surface area contributed by atoms with E-state index in [0.717, 1.165) is 41.3 Å². The van der Waals surface area contributed by atoms with Crippen molar-refractivity contribution in [2.75, 3.05) is 29.8 Å². The van der Waals surface area contributed by atoms with Crippen LogP contribution in [0.3, 0.4) is 0 Å². The van der Waals surface area contributed by atoms with Crippen molar-refractivity contribution < 1.29 is 4.90 Å². The van der Waals surface area contributed by atoms with Gasteiger partial charge in [-0.3, -0.25) is 14.7 Å². The number of fused-ring (bicyclic) bond motifs is 2. The molecule has 0 unspecified atom stereocenters. The molecule has 5 rings (SSSR count). The zero-order chi connectivity index (χ0) is 20.1. The lowest BCUT2D eigenvalue weighted by Gasteiger charge is -2.40. The molecule has 1 saturated heterocycles. The van der Waals surface area contributed by atoms with Crippen LogP contribution in [-0.4, -0.2) is 36.0 Å². The van der Waals surface area contributed by atoms with Crippen LogP contribution >= 0.6 is 22.7 Å². The number of hydrogen-bond acceptors (Lipinski definition) is 6. The Kier molecular flexibility index (Phi) is 4.69. The number of nitrogens with one attached hydrogen (secondary N) is 1. The van der Waals surface area contributed by atoms with Crippen LogP contribution in [0, 0.1) is 13.8 Å². The highest BCUT2D eigenvalue weighted by Crippen LogP contribution is 2.32. The van der Waals surface area contributed by atoms with E-state index in [0.29, 0.717) is 6.04 Å². The Morgan fingerprint density at radius 1 is 0.828 bits per heavy atom. The molecule has 0 bridgehead atoms. The average molecular weight is 425 g/mol. The first-order valence-electron chi connectivity index (χ1n) is 10.0. The molecular weight excluding hydrogens is 398 g/mol. The first kappa shape index (κ1) is 18.8. The second kappa shape index (κ2) is 7.23. The van der Waals surface area contributed by atoms with Gasteiger partial charge < -0.3 is 0 Å². The summed E-state index contributed by atoms with van der Waals surface area (Å²) in [4.78, 5) is 16.2. The van der Waals surface area contributed by atoms with Crippen molar-refractivity contribution in [2.24, 2.45) is 0 Å². The number of aromatic nitrogens is 2. The van der Waals surface area contributed by atoms with Gasteiger partial charge in [0.2, 0.25) is 0 Å². The molecule has 150 valence electrons. The summed E-state index contributed by atoms with van der Waals surface area (Å²) >= 11 is 3.59. The highest BCUT2D eigenvalue weighted by atomic mass is 32.1. The lowest BCUT2D eigenvalue weighted by molar-refractivity contribution is -0.923. The van der Waals surface area contributed by atoms with Gasteiger partial charge in [-0.2, -0.15) is 0 Å². The Labute approximate surface area is 179 Å². The lowest BCUT2D eigenvalue weighted by atomic mass is 10.2. The van der Waals surface area contributed by atoms with E-state index < -0.39 is 0 Å². The molecule has 0 radical (unpaired) electrons. The summed E-state index contributed by atoms with van der Waals surface area (Å²) in [6.45, 7) is 11.6. The van der Waals surface area contributed by atoms with E-state index in [9.17, 15) is 0 Å². The number of rotatable bonds is 3. The van der Waals surface area contributed by atoms with E-state index >= 15 is 0 Å². The Hall–Kier alpha value is -2.22. The van der Waals surface area contributed by atoms with Crippen molar-refractivity contribution in [3.05, 3.63) is 47.5 Å². The molecule has 2 aromatic heterocycles. The van der Waals surface area contributed by atoms with Crippen LogP contribution in [0.15, 0.2) is 36.4 Å². The third-order valence-electron chi connectivity index (χ3n) is 5.55. The number of benzene rings is 2. The predicted molar refractivity (Wildman–Crippen MR) is 124 cm³/mol. The zero-order valence-electron chi connectivity index (χ0n) is 17.3. The number of nitrogens with zero attached hydrogens (tertiary/aromatic N) is 4. The number of quaternary nitrogens is 1. The lowest BCUT2D eigenvalue weighted by Crippen LogP contribution is -3.19. The van der Waals surface area contributed by atoms with Gasteiger partial charge in [0.1, 0.15) is 6.67 Å². The van der Waals surface area contributed by atoms with Crippen LogP contribution in [0.4, 0.5) is 10.3 Å². The molecule has 4 aromatic rings. The molecule has 2 aromatic carbocycles. The highest BCUT2D eigenvalue weighted by molar-refractivity contribution is 7.22. The molecule has 0 spiro atoms. The molecule has 7 heteroatoms. The van der Waals surface area contributed by atoms with Crippen LogP contribution in [-0.2, 0) is 0 Å². The Bertz CT molecular complexity index is 1090. The summed E-state index contributed by atoms with van der Waals surface area (Å²) in [6.07, 6.45) is 0. The van der Waals surface area contributed by atoms with Crippen LogP contribution in [0.2, 0.25) is 0 Å². The largest absolute Gasteiger partial charge is 0.299 e. The minimum Gasteiger partial charge on any atom is -0.299 e. The molecule has 1 aliphatic heterocycles. The van der Waals surface area contributed by atoms with Crippen molar-refractivity contribution in [1.82, 2.24) is 9.97 Å². The molecule has 5 nitrogen and oxygen atoms in total. The zero-order valence-corrected chi connectivity index (χ0v) is 18.9. The molecule has 1 aliphatic rings. The van der Waals surface area contributed by atoms with Crippen LogP contribution in [0.1, 0.15) is 25.0 Å². The van der Waals surface area contributed by atoms with E-state index in [4.69, 9.17) is 9.97 Å². The van der Waals surface area contributed by atoms with Gasteiger partial charge >= 0.3 is 0 Å². The monoisotopic (exact) mass is 424 g/mol. The van der Waals surface area contributed by atoms with E-state index in [-0.39, 0.29) is 0 Å². The quantitative estimate of drug-likeness (QED) is 0.539. The number of anilines is 2. The number of thiazole rings is 2. The maximum absolute atomic E-state index is 4.94. The second-order valence-corrected chi connectivity index (χ2v) is 10.3. The summed E-state index contributed by atoms with van der Waals surface area (Å²) < 4.78 is 2.53. The summed E-state index contributed by atoms with van der Waals surface area (Å²) in [5, 5.41) is 2.20. The fourth-order valence-electron chi connectivity index (χ4n) is 3.78. The third kappa shape index (κ3) is 3.58. The Morgan fingerprint density at radius 3 is 1.76 bits per heavy atom. The molecule has 0 aliphatic carbocycles. The minimum atomic E-state index is 0.536. The fraction of sp³-hybridized carbons (Fsp3) is 0.364. The maximum Gasteiger partial charge on any atom is 0.192 e. The van der Waals surface area contributed by atoms with Gasteiger partial charge in [-0.15, -0.1) is 0 Å². The minimum absolute atomic E-state index is 0.536. The first-order valence-corrected chi connectivity index (χ1v) is 11.7. The smallest absolute Gasteiger partial charge is 0.192 e. The van der Waals surface area contributed by atoms with Gasteiger partial charge in [-0.25, -0.2) is 9.97 Å². The topological polar surface area (TPSA) is 36.7 Å². The van der Waals surface area contributed by atoms with E-state index in [1.807, 2.05) is 0 Å². The van der Waals surface area contributed by atoms with Crippen molar-refractivity contribution in [3.63, 3.8) is 0 Å². The van der Waals surface area contributed by atoms with Crippen molar-refractivity contribution in [1.29, 1.82) is 0 Å². The Morgan fingerprint density at radius 2 is 1.31 bits per heavy atom. The number of aryl methyl sites for hydroxylation is 2. The molecule has 1 N–H and O–H groups in total. The van der Waals surface area contributed by atoms with Gasteiger partial charge in [0.25, 0.3) is 0 Å². The van der Waals surface area contributed by atoms with Crippen molar-refractivity contribution in [3.8, 4) is 0 Å². The molecule has 0 amide bonds. The average Bonchev–Trinajstić information content (AvgIpc) is 3.30. The summed E-state index contributed by atoms with van der Waals surface area (Å²) in [7, 11) is 0. The number of hydrogen-bond donors (Lipinski definition) is 1. The first-order chi connectivity index (χ1) is 14.0. The van der Waals surface area contributed by atoms with Gasteiger partial charge in [-0.05, 0) is 63.1 Å². The van der Waals surface area contributed by atoms with Gasteiger partial charge in [-0.1, -0.05) is 34.8 Å². The van der Waals surface area contributed by atoms with Crippen molar-refractivity contribution >= 4 is 53.4 Å². The van der Waals surface area contributed by atoms with Gasteiger partial charge in [0, 0.05) is 0 Å². The molecular formula is C22H26N5S2+. The molecule has 0 saturated carbocycles. The summed E-state index contributed by atoms with van der Waals surface area (Å²) in [5.41, 5.74) is 4.75. The van der Waals surface area contributed by atoms with Crippen LogP contribution in [0.5, 0.6) is 0 Å². The van der Waals surface area contributed by atoms with Crippen LogP contribution in [0.25, 0.3) is 20.4 Å². The summed E-state index contributed by atoms with van der Waals surface area (Å²) in [6, 6.07) is 13.6. The standard InChI is InChI=1S/C22H25N5S2/c1-14(2)25-11-26(21-23-17-7-5-15(3)9-19(17)28-21)13-27(12-25)22-24-18-8-6-16(4)10-20(18)29-22/h5-10,14H,11-13H2,1-4H3/p+1. The van der Waals surface area contributed by atoms with Crippen molar-refractivity contribution in [2.45, 2.75) is 33.7 Å². The maximum atomic E-state index is 4.94. The Balaban J connectivity index is 1.50. The molecule has 3 heterocycles. The van der Waals surface area contributed by atoms with Crippen LogP contribution < -0.4 is 14.7 Å². The normalized spacial score (nSPS) is 15.9. The fourth-order valence-corrected chi connectivity index (χ4v) is 5.89. The SMILES string of the molecule is Cc1ccc2nc(N3CN(c4nc5ccc(C)cc5s4)C[NH+](C(C)C)C3)sc2c1. The van der Waals surface area contributed by atoms with Gasteiger partial charge in [0.05, 0.1) is 26.5 Å². The highest BCUT2D eigenvalue weighted by Gasteiger charge is 2.31. The summed E-state index contributed by atoms with van der Waals surface area (Å²) in [5.74, 6) is 0. The third-order valence-corrected chi connectivity index (χ3v) is 7.71. The van der Waals surface area contributed by atoms with E-state index in [2.05, 4.69) is 73.9 Å². The second-order valence-electron chi connectivity index (χ2n) is 8.29. The van der Waals surface area contributed by atoms with Gasteiger partial charge in [0.15, 0.2) is 23.6 Å². The molecule has 29 heavy (non-hydrogen) atoms. The predicted octanol–water partition coefficient (Wildman–Crippen LogP) is 4.02. The molecule has 1 fully saturated rings.